The zero-order valence-electron chi connectivity index (χ0n) is 11.7. The van der Waals surface area contributed by atoms with E-state index in [1.54, 1.807) is 6.08 Å². The predicted molar refractivity (Wildman–Crippen MR) is 73.1 cm³/mol. The fraction of sp³-hybridized carbons (Fsp3) is 0.688. The highest BCUT2D eigenvalue weighted by molar-refractivity contribution is 5.82. The fourth-order valence-corrected chi connectivity index (χ4v) is 3.82. The Kier molecular flexibility index (Phi) is 3.94. The summed E-state index contributed by atoms with van der Waals surface area (Å²) in [5.74, 6) is 1.40. The van der Waals surface area contributed by atoms with Gasteiger partial charge >= 0.3 is 5.97 Å². The molecule has 18 heavy (non-hydrogen) atoms. The van der Waals surface area contributed by atoms with Crippen molar-refractivity contribution in [3.63, 3.8) is 0 Å². The number of fused-ring (bicyclic) bond motifs is 1. The van der Waals surface area contributed by atoms with Crippen molar-refractivity contribution in [2.24, 2.45) is 17.3 Å². The third-order valence-corrected chi connectivity index (χ3v) is 4.87. The Hall–Kier alpha value is -1.05. The molecule has 100 valence electrons. The molecule has 0 aromatic heterocycles. The van der Waals surface area contributed by atoms with Crippen molar-refractivity contribution in [3.05, 3.63) is 23.8 Å². The van der Waals surface area contributed by atoms with Gasteiger partial charge in [-0.25, -0.2) is 4.79 Å². The van der Waals surface area contributed by atoms with Crippen molar-refractivity contribution < 1.29 is 9.53 Å². The molecule has 0 bridgehead atoms. The summed E-state index contributed by atoms with van der Waals surface area (Å²) in [4.78, 5) is 11.1. The first-order valence-electron chi connectivity index (χ1n) is 7.00. The summed E-state index contributed by atoms with van der Waals surface area (Å²) in [7, 11) is 1.42. The van der Waals surface area contributed by atoms with Crippen LogP contribution in [0.15, 0.2) is 23.8 Å². The fourth-order valence-electron chi connectivity index (χ4n) is 3.82. The topological polar surface area (TPSA) is 26.3 Å². The van der Waals surface area contributed by atoms with E-state index in [-0.39, 0.29) is 5.97 Å². The van der Waals surface area contributed by atoms with Gasteiger partial charge in [0.1, 0.15) is 0 Å². The quantitative estimate of drug-likeness (QED) is 0.547. The molecule has 0 aromatic carbocycles. The molecule has 3 unspecified atom stereocenters. The number of ether oxygens (including phenoxy) is 1. The van der Waals surface area contributed by atoms with Gasteiger partial charge in [0, 0.05) is 6.08 Å². The van der Waals surface area contributed by atoms with Crippen LogP contribution in [0.4, 0.5) is 0 Å². The van der Waals surface area contributed by atoms with E-state index in [1.165, 1.54) is 38.4 Å². The van der Waals surface area contributed by atoms with Crippen LogP contribution in [0, 0.1) is 17.3 Å². The Morgan fingerprint density at radius 2 is 2.33 bits per heavy atom. The standard InChI is InChI=1S/C16H24O2/c1-12-5-4-10-16(2)11-13(6-8-14(12)16)7-9-15(17)18-3/h6-7,9,12,14H,4-5,8,10-11H2,1-3H3/b9-7+. The first kappa shape index (κ1) is 13.4. The summed E-state index contributed by atoms with van der Waals surface area (Å²) in [6, 6.07) is 0. The summed E-state index contributed by atoms with van der Waals surface area (Å²) < 4.78 is 4.64. The zero-order chi connectivity index (χ0) is 13.2. The van der Waals surface area contributed by atoms with E-state index in [2.05, 4.69) is 24.7 Å². The maximum Gasteiger partial charge on any atom is 0.330 e. The van der Waals surface area contributed by atoms with Gasteiger partial charge in [-0.1, -0.05) is 44.4 Å². The molecule has 2 heteroatoms. The molecule has 3 atom stereocenters. The molecule has 2 aliphatic rings. The zero-order valence-corrected chi connectivity index (χ0v) is 11.7. The number of rotatable bonds is 2. The SMILES string of the molecule is COC(=O)/C=C/C1=CCC2C(C)CCCC2(C)C1. The molecule has 2 rings (SSSR count). The minimum absolute atomic E-state index is 0.264. The predicted octanol–water partition coefficient (Wildman–Crippen LogP) is 3.88. The highest BCUT2D eigenvalue weighted by Gasteiger charge is 2.41. The van der Waals surface area contributed by atoms with Crippen molar-refractivity contribution in [1.82, 2.24) is 0 Å². The van der Waals surface area contributed by atoms with Crippen LogP contribution in [0.1, 0.15) is 46.0 Å². The van der Waals surface area contributed by atoms with Crippen molar-refractivity contribution in [1.29, 1.82) is 0 Å². The van der Waals surface area contributed by atoms with Crippen LogP contribution in [0.5, 0.6) is 0 Å². The highest BCUT2D eigenvalue weighted by Crippen LogP contribution is 2.52. The number of hydrogen-bond acceptors (Lipinski definition) is 2. The summed E-state index contributed by atoms with van der Waals surface area (Å²) in [6.45, 7) is 4.82. The van der Waals surface area contributed by atoms with Crippen molar-refractivity contribution in [2.75, 3.05) is 7.11 Å². The highest BCUT2D eigenvalue weighted by atomic mass is 16.5. The van der Waals surface area contributed by atoms with Crippen molar-refractivity contribution in [3.8, 4) is 0 Å². The minimum atomic E-state index is -0.264. The van der Waals surface area contributed by atoms with Crippen LogP contribution in [-0.4, -0.2) is 13.1 Å². The Morgan fingerprint density at radius 3 is 3.06 bits per heavy atom. The molecule has 0 N–H and O–H groups in total. The largest absolute Gasteiger partial charge is 0.466 e. The average Bonchev–Trinajstić information content (AvgIpc) is 2.35. The van der Waals surface area contributed by atoms with E-state index >= 15 is 0 Å². The monoisotopic (exact) mass is 248 g/mol. The van der Waals surface area contributed by atoms with E-state index in [0.29, 0.717) is 5.41 Å². The van der Waals surface area contributed by atoms with Crippen LogP contribution < -0.4 is 0 Å². The van der Waals surface area contributed by atoms with Crippen LogP contribution in [-0.2, 0) is 9.53 Å². The molecule has 0 saturated heterocycles. The van der Waals surface area contributed by atoms with Crippen molar-refractivity contribution in [2.45, 2.75) is 46.0 Å². The summed E-state index contributed by atoms with van der Waals surface area (Å²) >= 11 is 0. The average molecular weight is 248 g/mol. The molecule has 2 aliphatic carbocycles. The Labute approximate surface area is 110 Å². The molecule has 1 saturated carbocycles. The molecule has 1 fully saturated rings. The van der Waals surface area contributed by atoms with Crippen LogP contribution in [0.3, 0.4) is 0 Å². The smallest absolute Gasteiger partial charge is 0.330 e. The molecule has 0 heterocycles. The van der Waals surface area contributed by atoms with E-state index in [9.17, 15) is 4.79 Å². The lowest BCUT2D eigenvalue weighted by Crippen LogP contribution is -2.38. The summed E-state index contributed by atoms with van der Waals surface area (Å²) in [5.41, 5.74) is 1.73. The Morgan fingerprint density at radius 1 is 1.56 bits per heavy atom. The molecule has 0 aliphatic heterocycles. The van der Waals surface area contributed by atoms with E-state index < -0.39 is 0 Å². The van der Waals surface area contributed by atoms with Gasteiger partial charge in [-0.2, -0.15) is 0 Å². The number of methoxy groups -OCH3 is 1. The molecule has 2 nitrogen and oxygen atoms in total. The molecule has 0 aromatic rings. The van der Waals surface area contributed by atoms with E-state index in [0.717, 1.165) is 18.3 Å². The normalized spacial score (nSPS) is 36.1. The van der Waals surface area contributed by atoms with Gasteiger partial charge in [0.15, 0.2) is 0 Å². The van der Waals surface area contributed by atoms with E-state index in [1.807, 2.05) is 6.08 Å². The van der Waals surface area contributed by atoms with Crippen molar-refractivity contribution >= 4 is 5.97 Å². The first-order valence-corrected chi connectivity index (χ1v) is 7.00. The number of allylic oxidation sites excluding steroid dienone is 3. The van der Waals surface area contributed by atoms with Gasteiger partial charge < -0.3 is 4.74 Å². The molecule has 0 amide bonds. The molecule has 0 radical (unpaired) electrons. The van der Waals surface area contributed by atoms with E-state index in [4.69, 9.17) is 0 Å². The number of hydrogen-bond donors (Lipinski definition) is 0. The molecular formula is C16H24O2. The second-order valence-electron chi connectivity index (χ2n) is 6.18. The van der Waals surface area contributed by atoms with Gasteiger partial charge in [-0.05, 0) is 36.5 Å². The Balaban J connectivity index is 2.09. The summed E-state index contributed by atoms with van der Waals surface area (Å²) in [6.07, 6.45) is 12.1. The number of esters is 1. The summed E-state index contributed by atoms with van der Waals surface area (Å²) in [5, 5.41) is 0. The van der Waals surface area contributed by atoms with Crippen LogP contribution >= 0.6 is 0 Å². The first-order chi connectivity index (χ1) is 8.55. The Bertz CT molecular complexity index is 381. The van der Waals surface area contributed by atoms with Gasteiger partial charge in [0.2, 0.25) is 0 Å². The lowest BCUT2D eigenvalue weighted by atomic mass is 9.57. The number of carbonyl (C=O) groups excluding carboxylic acids is 1. The van der Waals surface area contributed by atoms with Gasteiger partial charge in [0.05, 0.1) is 7.11 Å². The lowest BCUT2D eigenvalue weighted by Gasteiger charge is -2.48. The van der Waals surface area contributed by atoms with Gasteiger partial charge in [0.25, 0.3) is 0 Å². The van der Waals surface area contributed by atoms with Gasteiger partial charge in [-0.3, -0.25) is 0 Å². The third-order valence-electron chi connectivity index (χ3n) is 4.87. The second kappa shape index (κ2) is 5.29. The maximum atomic E-state index is 11.1. The minimum Gasteiger partial charge on any atom is -0.466 e. The second-order valence-corrected chi connectivity index (χ2v) is 6.18. The van der Waals surface area contributed by atoms with Crippen LogP contribution in [0.2, 0.25) is 0 Å². The third kappa shape index (κ3) is 2.68. The lowest BCUT2D eigenvalue weighted by molar-refractivity contribution is -0.134. The number of carbonyl (C=O) groups is 1. The van der Waals surface area contributed by atoms with Crippen LogP contribution in [0.25, 0.3) is 0 Å². The molecule has 0 spiro atoms. The van der Waals surface area contributed by atoms with Gasteiger partial charge in [-0.15, -0.1) is 0 Å². The molecular weight excluding hydrogens is 224 g/mol. The maximum absolute atomic E-state index is 11.1.